The first-order chi connectivity index (χ1) is 21.2. The van der Waals surface area contributed by atoms with Gasteiger partial charge in [0.25, 0.3) is 0 Å². The van der Waals surface area contributed by atoms with Crippen molar-refractivity contribution in [1.29, 1.82) is 0 Å². The largest absolute Gasteiger partial charge is 0.375 e. The third-order valence-corrected chi connectivity index (χ3v) is 9.38. The summed E-state index contributed by atoms with van der Waals surface area (Å²) in [5.74, 6) is 0.517. The molecule has 3 heteroatoms. The summed E-state index contributed by atoms with van der Waals surface area (Å²) in [6.07, 6.45) is 15.4. The first-order valence-electron chi connectivity index (χ1n) is 17.0. The Morgan fingerprint density at radius 1 is 0.659 bits per heavy atom. The van der Waals surface area contributed by atoms with Crippen molar-refractivity contribution in [3.63, 3.8) is 0 Å². The number of hydrogen-bond acceptors (Lipinski definition) is 2. The van der Waals surface area contributed by atoms with Crippen molar-refractivity contribution in [2.24, 2.45) is 11.3 Å². The smallest absolute Gasteiger partial charge is 0.121 e. The van der Waals surface area contributed by atoms with Gasteiger partial charge in [0.2, 0.25) is 0 Å². The highest BCUT2D eigenvalue weighted by molar-refractivity contribution is 5.50. The molecule has 236 valence electrons. The minimum atomic E-state index is -0.524. The summed E-state index contributed by atoms with van der Waals surface area (Å²) >= 11 is 0. The Morgan fingerprint density at radius 2 is 1.16 bits per heavy atom. The van der Waals surface area contributed by atoms with Crippen molar-refractivity contribution in [2.45, 2.75) is 110 Å². The summed E-state index contributed by atoms with van der Waals surface area (Å²) < 4.78 is 8.99. The van der Waals surface area contributed by atoms with Gasteiger partial charge in [0.15, 0.2) is 0 Å². The molecule has 1 aromatic heterocycles. The minimum Gasteiger partial charge on any atom is -0.375 e. The summed E-state index contributed by atoms with van der Waals surface area (Å²) in [7, 11) is 0. The molecule has 0 aliphatic carbocycles. The van der Waals surface area contributed by atoms with E-state index in [2.05, 4.69) is 143 Å². The van der Waals surface area contributed by atoms with Crippen LogP contribution in [-0.4, -0.2) is 21.8 Å². The molecule has 0 aliphatic heterocycles. The van der Waals surface area contributed by atoms with Crippen molar-refractivity contribution in [1.82, 2.24) is 9.55 Å². The fraction of sp³-hybridized carbons (Fsp3) is 0.488. The maximum atomic E-state index is 6.68. The van der Waals surface area contributed by atoms with Crippen LogP contribution in [0.2, 0.25) is 0 Å². The van der Waals surface area contributed by atoms with Gasteiger partial charge in [-0.2, -0.15) is 0 Å². The Bertz CT molecular complexity index is 1260. The first kappa shape index (κ1) is 33.7. The van der Waals surface area contributed by atoms with Gasteiger partial charge in [0.1, 0.15) is 5.54 Å². The molecule has 0 N–H and O–H groups in total. The molecule has 4 rings (SSSR count). The number of aromatic nitrogens is 2. The van der Waals surface area contributed by atoms with Crippen LogP contribution < -0.4 is 0 Å². The van der Waals surface area contributed by atoms with Gasteiger partial charge in [0.05, 0.1) is 17.6 Å². The maximum absolute atomic E-state index is 6.68. The molecule has 0 amide bonds. The average Bonchev–Trinajstić information content (AvgIpc) is 3.49. The number of aryl methyl sites for hydroxylation is 1. The molecular weight excluding hydrogens is 536 g/mol. The van der Waals surface area contributed by atoms with E-state index in [0.717, 1.165) is 25.1 Å². The molecule has 0 aliphatic rings. The summed E-state index contributed by atoms with van der Waals surface area (Å²) in [4.78, 5) is 4.95. The van der Waals surface area contributed by atoms with Gasteiger partial charge in [-0.25, -0.2) is 4.98 Å². The van der Waals surface area contributed by atoms with E-state index in [-0.39, 0.29) is 11.0 Å². The van der Waals surface area contributed by atoms with Crippen LogP contribution in [0.1, 0.15) is 115 Å². The molecule has 0 radical (unpaired) electrons. The summed E-state index contributed by atoms with van der Waals surface area (Å²) in [5.41, 5.74) is 4.26. The molecule has 0 fully saturated rings. The minimum absolute atomic E-state index is 0.163. The van der Waals surface area contributed by atoms with Crippen LogP contribution >= 0.6 is 0 Å². The highest BCUT2D eigenvalue weighted by Gasteiger charge is 2.39. The van der Waals surface area contributed by atoms with Crippen LogP contribution in [0, 0.1) is 11.3 Å². The van der Waals surface area contributed by atoms with E-state index in [1.807, 2.05) is 6.33 Å². The lowest BCUT2D eigenvalue weighted by molar-refractivity contribution is -0.0959. The van der Waals surface area contributed by atoms with E-state index in [9.17, 15) is 0 Å². The Hall–Kier alpha value is -3.17. The molecule has 0 saturated heterocycles. The Balaban J connectivity index is 1.48. The van der Waals surface area contributed by atoms with Gasteiger partial charge in [-0.05, 0) is 61.1 Å². The van der Waals surface area contributed by atoms with Gasteiger partial charge >= 0.3 is 0 Å². The predicted molar refractivity (Wildman–Crippen MR) is 186 cm³/mol. The average molecular weight is 593 g/mol. The number of unbranched alkanes of at least 4 members (excludes halogenated alkanes) is 5. The van der Waals surface area contributed by atoms with E-state index < -0.39 is 5.54 Å². The van der Waals surface area contributed by atoms with E-state index in [0.29, 0.717) is 5.92 Å². The van der Waals surface area contributed by atoms with Crippen LogP contribution in [0.5, 0.6) is 0 Å². The van der Waals surface area contributed by atoms with Gasteiger partial charge in [0, 0.05) is 12.8 Å². The number of imidazole rings is 1. The molecule has 1 heterocycles. The topological polar surface area (TPSA) is 27.1 Å². The first-order valence-corrected chi connectivity index (χ1v) is 17.0. The quantitative estimate of drug-likeness (QED) is 0.0901. The molecule has 0 spiro atoms. The van der Waals surface area contributed by atoms with E-state index >= 15 is 0 Å². The fourth-order valence-corrected chi connectivity index (χ4v) is 7.30. The van der Waals surface area contributed by atoms with Crippen LogP contribution in [0.3, 0.4) is 0 Å². The number of rotatable bonds is 17. The zero-order valence-electron chi connectivity index (χ0n) is 28.3. The van der Waals surface area contributed by atoms with Crippen molar-refractivity contribution >= 4 is 0 Å². The van der Waals surface area contributed by atoms with E-state index in [1.165, 1.54) is 61.6 Å². The van der Waals surface area contributed by atoms with Crippen LogP contribution in [0.15, 0.2) is 104 Å². The second-order valence-corrected chi connectivity index (χ2v) is 14.1. The lowest BCUT2D eigenvalue weighted by Crippen LogP contribution is -2.42. The summed E-state index contributed by atoms with van der Waals surface area (Å²) in [6, 6.07) is 32.4. The van der Waals surface area contributed by atoms with Crippen LogP contribution in [-0.2, 0) is 16.7 Å². The standard InChI is InChI=1S/C41H56N2O/c1-7-8-9-10-11-21-30-38(39(2,3)4)40(5,6)44-31-22-29-37-32-43(33-42-37)41(34-23-15-12-16-24-34,35-25-17-13-18-26-35)36-27-19-14-20-28-36/h12-20,23-28,32-33,38H,7-11,21-22,29-31H2,1-6H3. The second kappa shape index (κ2) is 15.7. The van der Waals surface area contributed by atoms with Crippen molar-refractivity contribution < 1.29 is 4.74 Å². The molecule has 3 nitrogen and oxygen atoms in total. The molecule has 0 saturated carbocycles. The highest BCUT2D eigenvalue weighted by atomic mass is 16.5. The lowest BCUT2D eigenvalue weighted by Gasteiger charge is -2.43. The molecule has 3 aromatic carbocycles. The second-order valence-electron chi connectivity index (χ2n) is 14.1. The molecule has 44 heavy (non-hydrogen) atoms. The fourth-order valence-electron chi connectivity index (χ4n) is 7.30. The molecule has 1 atom stereocenters. The SMILES string of the molecule is CCCCCCCCC(C(C)(C)C)C(C)(C)OCCCc1cn(C(c2ccccc2)(c2ccccc2)c2ccccc2)cn1. The number of hydrogen-bond donors (Lipinski definition) is 0. The number of nitrogens with zero attached hydrogens (tertiary/aromatic N) is 2. The third-order valence-electron chi connectivity index (χ3n) is 9.38. The predicted octanol–water partition coefficient (Wildman–Crippen LogP) is 10.9. The summed E-state index contributed by atoms with van der Waals surface area (Å²) in [5, 5.41) is 0. The lowest BCUT2D eigenvalue weighted by atomic mass is 9.69. The van der Waals surface area contributed by atoms with Crippen molar-refractivity contribution in [3.05, 3.63) is 126 Å². The number of benzene rings is 3. The van der Waals surface area contributed by atoms with Gasteiger partial charge in [-0.15, -0.1) is 0 Å². The molecule has 1 unspecified atom stereocenters. The summed E-state index contributed by atoms with van der Waals surface area (Å²) in [6.45, 7) is 14.8. The molecular formula is C41H56N2O. The van der Waals surface area contributed by atoms with E-state index in [4.69, 9.17) is 9.72 Å². The Morgan fingerprint density at radius 3 is 1.66 bits per heavy atom. The maximum Gasteiger partial charge on any atom is 0.121 e. The molecule has 0 bridgehead atoms. The Labute approximate surface area is 268 Å². The van der Waals surface area contributed by atoms with Gasteiger partial charge < -0.3 is 9.30 Å². The van der Waals surface area contributed by atoms with E-state index in [1.54, 1.807) is 0 Å². The Kier molecular flexibility index (Phi) is 12.0. The van der Waals surface area contributed by atoms with Crippen LogP contribution in [0.4, 0.5) is 0 Å². The number of ether oxygens (including phenoxy) is 1. The molecule has 4 aromatic rings. The van der Waals surface area contributed by atoms with Crippen molar-refractivity contribution in [3.8, 4) is 0 Å². The monoisotopic (exact) mass is 592 g/mol. The highest BCUT2D eigenvalue weighted by Crippen LogP contribution is 2.42. The normalized spacial score (nSPS) is 13.2. The zero-order chi connectivity index (χ0) is 31.5. The van der Waals surface area contributed by atoms with Crippen molar-refractivity contribution in [2.75, 3.05) is 6.61 Å². The van der Waals surface area contributed by atoms with Gasteiger partial charge in [-0.1, -0.05) is 157 Å². The van der Waals surface area contributed by atoms with Crippen LogP contribution in [0.25, 0.3) is 0 Å². The zero-order valence-corrected chi connectivity index (χ0v) is 28.3. The van der Waals surface area contributed by atoms with Gasteiger partial charge in [-0.3, -0.25) is 0 Å². The third kappa shape index (κ3) is 8.30.